The quantitative estimate of drug-likeness (QED) is 0.700. The average molecular weight is 226 g/mol. The van der Waals surface area contributed by atoms with Gasteiger partial charge in [0.25, 0.3) is 0 Å². The summed E-state index contributed by atoms with van der Waals surface area (Å²) >= 11 is 0. The van der Waals surface area contributed by atoms with E-state index in [9.17, 15) is 0 Å². The van der Waals surface area contributed by atoms with Gasteiger partial charge >= 0.3 is 0 Å². The summed E-state index contributed by atoms with van der Waals surface area (Å²) in [5.74, 6) is 0. The topological polar surface area (TPSA) is 15.3 Å². The van der Waals surface area contributed by atoms with Gasteiger partial charge in [-0.3, -0.25) is 4.90 Å². The second kappa shape index (κ2) is 8.08. The molecule has 0 spiro atoms. The van der Waals surface area contributed by atoms with Gasteiger partial charge in [0.15, 0.2) is 0 Å². The molecule has 1 heterocycles. The van der Waals surface area contributed by atoms with Crippen LogP contribution in [0.2, 0.25) is 0 Å². The molecule has 0 bridgehead atoms. The van der Waals surface area contributed by atoms with Crippen LogP contribution >= 0.6 is 0 Å². The summed E-state index contributed by atoms with van der Waals surface area (Å²) in [7, 11) is 0. The van der Waals surface area contributed by atoms with Gasteiger partial charge < -0.3 is 5.32 Å². The second-order valence-electron chi connectivity index (χ2n) is 5.40. The summed E-state index contributed by atoms with van der Waals surface area (Å²) in [6.45, 7) is 10.7. The Hall–Kier alpha value is -0.0800. The van der Waals surface area contributed by atoms with Gasteiger partial charge in [-0.1, -0.05) is 32.6 Å². The molecule has 96 valence electrons. The molecule has 0 saturated carbocycles. The molecule has 2 unspecified atom stereocenters. The summed E-state index contributed by atoms with van der Waals surface area (Å²) in [6.07, 6.45) is 8.27. The van der Waals surface area contributed by atoms with Crippen LogP contribution < -0.4 is 5.32 Å². The van der Waals surface area contributed by atoms with Crippen molar-refractivity contribution in [1.82, 2.24) is 10.2 Å². The van der Waals surface area contributed by atoms with Crippen molar-refractivity contribution in [3.05, 3.63) is 0 Å². The molecule has 0 aliphatic carbocycles. The molecule has 0 amide bonds. The summed E-state index contributed by atoms with van der Waals surface area (Å²) in [4.78, 5) is 2.68. The van der Waals surface area contributed by atoms with Crippen molar-refractivity contribution in [2.24, 2.45) is 0 Å². The highest BCUT2D eigenvalue weighted by atomic mass is 15.2. The highest BCUT2D eigenvalue weighted by molar-refractivity contribution is 4.76. The molecule has 2 heteroatoms. The maximum Gasteiger partial charge on any atom is 0.0166 e. The number of nitrogens with zero attached hydrogens (tertiary/aromatic N) is 1. The highest BCUT2D eigenvalue weighted by Crippen LogP contribution is 2.13. The van der Waals surface area contributed by atoms with Crippen LogP contribution in [0.4, 0.5) is 0 Å². The van der Waals surface area contributed by atoms with E-state index in [1.807, 2.05) is 0 Å². The van der Waals surface area contributed by atoms with Crippen LogP contribution in [0.1, 0.15) is 59.3 Å². The van der Waals surface area contributed by atoms with Crippen molar-refractivity contribution in [2.75, 3.05) is 19.6 Å². The fourth-order valence-electron chi connectivity index (χ4n) is 2.59. The number of hydrogen-bond donors (Lipinski definition) is 1. The molecule has 1 aliphatic heterocycles. The summed E-state index contributed by atoms with van der Waals surface area (Å²) in [5.41, 5.74) is 0. The van der Waals surface area contributed by atoms with Crippen LogP contribution in [-0.2, 0) is 0 Å². The zero-order chi connectivity index (χ0) is 11.8. The first-order valence-corrected chi connectivity index (χ1v) is 7.21. The Morgan fingerprint density at radius 3 is 2.88 bits per heavy atom. The Morgan fingerprint density at radius 1 is 1.31 bits per heavy atom. The first-order valence-electron chi connectivity index (χ1n) is 7.21. The van der Waals surface area contributed by atoms with E-state index in [1.54, 1.807) is 0 Å². The van der Waals surface area contributed by atoms with E-state index < -0.39 is 0 Å². The van der Waals surface area contributed by atoms with Gasteiger partial charge in [0, 0.05) is 18.6 Å². The maximum atomic E-state index is 3.56. The Kier molecular flexibility index (Phi) is 7.06. The van der Waals surface area contributed by atoms with Crippen LogP contribution in [0.3, 0.4) is 0 Å². The van der Waals surface area contributed by atoms with Crippen LogP contribution in [0.15, 0.2) is 0 Å². The van der Waals surface area contributed by atoms with Crippen molar-refractivity contribution in [3.8, 4) is 0 Å². The summed E-state index contributed by atoms with van der Waals surface area (Å²) in [5, 5.41) is 3.56. The van der Waals surface area contributed by atoms with Crippen molar-refractivity contribution >= 4 is 0 Å². The lowest BCUT2D eigenvalue weighted by Gasteiger charge is -2.29. The molecule has 1 saturated heterocycles. The van der Waals surface area contributed by atoms with Gasteiger partial charge in [-0.2, -0.15) is 0 Å². The number of rotatable bonds is 6. The van der Waals surface area contributed by atoms with E-state index >= 15 is 0 Å². The molecule has 1 fully saturated rings. The third-order valence-corrected chi connectivity index (χ3v) is 3.72. The van der Waals surface area contributed by atoms with Gasteiger partial charge in [-0.05, 0) is 39.8 Å². The van der Waals surface area contributed by atoms with Crippen LogP contribution in [0.5, 0.6) is 0 Å². The summed E-state index contributed by atoms with van der Waals surface area (Å²) < 4.78 is 0. The monoisotopic (exact) mass is 226 g/mol. The lowest BCUT2D eigenvalue weighted by molar-refractivity contribution is 0.196. The van der Waals surface area contributed by atoms with Gasteiger partial charge in [0.1, 0.15) is 0 Å². The molecule has 0 aromatic carbocycles. The van der Waals surface area contributed by atoms with E-state index in [1.165, 1.54) is 58.2 Å². The number of nitrogens with one attached hydrogen (secondary N) is 1. The van der Waals surface area contributed by atoms with Crippen LogP contribution in [-0.4, -0.2) is 36.6 Å². The third-order valence-electron chi connectivity index (χ3n) is 3.72. The van der Waals surface area contributed by atoms with Gasteiger partial charge in [0.05, 0.1) is 0 Å². The lowest BCUT2D eigenvalue weighted by Crippen LogP contribution is -2.40. The predicted octanol–water partition coefficient (Wildman–Crippen LogP) is 3.03. The minimum atomic E-state index is 0.667. The van der Waals surface area contributed by atoms with E-state index in [-0.39, 0.29) is 0 Å². The molecule has 2 atom stereocenters. The van der Waals surface area contributed by atoms with Gasteiger partial charge in [-0.25, -0.2) is 0 Å². The van der Waals surface area contributed by atoms with Gasteiger partial charge in [-0.15, -0.1) is 0 Å². The minimum Gasteiger partial charge on any atom is -0.313 e. The predicted molar refractivity (Wildman–Crippen MR) is 71.9 cm³/mol. The zero-order valence-electron chi connectivity index (χ0n) is 11.5. The molecule has 16 heavy (non-hydrogen) atoms. The Bertz CT molecular complexity index is 170. The third kappa shape index (κ3) is 5.31. The van der Waals surface area contributed by atoms with E-state index in [4.69, 9.17) is 0 Å². The molecule has 1 N–H and O–H groups in total. The average Bonchev–Trinajstić information content (AvgIpc) is 2.49. The molecule has 1 aliphatic rings. The molecule has 2 nitrogen and oxygen atoms in total. The molecule has 0 radical (unpaired) electrons. The fraction of sp³-hybridized carbons (Fsp3) is 1.00. The standard InChI is InChI=1S/C14H30N2/c1-4-5-6-7-9-14(3)16-11-8-10-15-13(2)12-16/h13-15H,4-12H2,1-3H3. The molecule has 1 rings (SSSR count). The Balaban J connectivity index is 2.20. The van der Waals surface area contributed by atoms with Crippen LogP contribution in [0, 0.1) is 0 Å². The number of hydrogen-bond acceptors (Lipinski definition) is 2. The zero-order valence-corrected chi connectivity index (χ0v) is 11.5. The van der Waals surface area contributed by atoms with Crippen molar-refractivity contribution < 1.29 is 0 Å². The van der Waals surface area contributed by atoms with Gasteiger partial charge in [0.2, 0.25) is 0 Å². The normalized spacial score (nSPS) is 25.3. The molecule has 0 aromatic heterocycles. The highest BCUT2D eigenvalue weighted by Gasteiger charge is 2.18. The molecule has 0 aromatic rings. The minimum absolute atomic E-state index is 0.667. The summed E-state index contributed by atoms with van der Waals surface area (Å²) in [6, 6.07) is 1.44. The first kappa shape index (κ1) is 14.0. The van der Waals surface area contributed by atoms with E-state index in [0.29, 0.717) is 6.04 Å². The second-order valence-corrected chi connectivity index (χ2v) is 5.40. The fourth-order valence-corrected chi connectivity index (χ4v) is 2.59. The first-order chi connectivity index (χ1) is 7.74. The van der Waals surface area contributed by atoms with Crippen LogP contribution in [0.25, 0.3) is 0 Å². The number of unbranched alkanes of at least 4 members (excludes halogenated alkanes) is 3. The van der Waals surface area contributed by atoms with E-state index in [2.05, 4.69) is 31.0 Å². The SMILES string of the molecule is CCCCCCC(C)N1CCCNC(C)C1. The van der Waals surface area contributed by atoms with Crippen molar-refractivity contribution in [2.45, 2.75) is 71.4 Å². The largest absolute Gasteiger partial charge is 0.313 e. The smallest absolute Gasteiger partial charge is 0.0166 e. The van der Waals surface area contributed by atoms with Crippen molar-refractivity contribution in [1.29, 1.82) is 0 Å². The maximum absolute atomic E-state index is 3.56. The Morgan fingerprint density at radius 2 is 2.12 bits per heavy atom. The molecular weight excluding hydrogens is 196 g/mol. The lowest BCUT2D eigenvalue weighted by atomic mass is 10.1. The van der Waals surface area contributed by atoms with Crippen molar-refractivity contribution in [3.63, 3.8) is 0 Å². The molecular formula is C14H30N2. The Labute approximate surface area is 102 Å². The van der Waals surface area contributed by atoms with E-state index in [0.717, 1.165) is 6.04 Å².